The molecule has 0 saturated heterocycles. The van der Waals surface area contributed by atoms with Crippen molar-refractivity contribution in [2.45, 2.75) is 32.9 Å². The van der Waals surface area contributed by atoms with Gasteiger partial charge >= 0.3 is 6.03 Å². The van der Waals surface area contributed by atoms with Gasteiger partial charge in [-0.2, -0.15) is 0 Å². The molecular weight excluding hydrogens is 486 g/mol. The maximum Gasteiger partial charge on any atom is 0.315 e. The smallest absolute Gasteiger partial charge is 0.315 e. The fourth-order valence-electron chi connectivity index (χ4n) is 3.76. The zero-order valence-electron chi connectivity index (χ0n) is 19.3. The van der Waals surface area contributed by atoms with Gasteiger partial charge in [0.2, 0.25) is 0 Å². The van der Waals surface area contributed by atoms with Crippen molar-refractivity contribution < 1.29 is 9.18 Å². The number of amides is 2. The van der Waals surface area contributed by atoms with Crippen molar-refractivity contribution in [3.05, 3.63) is 111 Å². The van der Waals surface area contributed by atoms with Gasteiger partial charge in [-0.15, -0.1) is 0 Å². The maximum atomic E-state index is 14.5. The largest absolute Gasteiger partial charge is 0.334 e. The number of aromatic nitrogens is 2. The van der Waals surface area contributed by atoms with E-state index in [1.165, 1.54) is 0 Å². The molecule has 5 nitrogen and oxygen atoms in total. The standard InChI is InChI=1S/C27H25Cl2FN4O/c1-16-8-11-19(12-9-16)24-25(29)34-26(33-24)22(14-18-6-4-3-5-7-18)32-27(35)31-15-20-21(28)13-10-17(2)23(20)30/h3-13,22H,14-15H2,1-2H3,(H,33,34)(H2,31,32,35)/t22-/m0/s1. The van der Waals surface area contributed by atoms with Crippen molar-refractivity contribution in [1.82, 2.24) is 20.6 Å². The normalized spacial score (nSPS) is 11.8. The van der Waals surface area contributed by atoms with Crippen LogP contribution in [0.4, 0.5) is 9.18 Å². The first-order valence-electron chi connectivity index (χ1n) is 11.2. The van der Waals surface area contributed by atoms with Gasteiger partial charge in [-0.3, -0.25) is 0 Å². The van der Waals surface area contributed by atoms with E-state index in [1.807, 2.05) is 61.5 Å². The lowest BCUT2D eigenvalue weighted by atomic mass is 10.1. The van der Waals surface area contributed by atoms with Crippen LogP contribution in [0.15, 0.2) is 66.7 Å². The predicted molar refractivity (Wildman–Crippen MR) is 138 cm³/mol. The van der Waals surface area contributed by atoms with Gasteiger partial charge < -0.3 is 15.6 Å². The van der Waals surface area contributed by atoms with E-state index in [-0.39, 0.29) is 17.1 Å². The average Bonchev–Trinajstić information content (AvgIpc) is 3.24. The van der Waals surface area contributed by atoms with Gasteiger partial charge in [0.05, 0.1) is 6.04 Å². The molecule has 4 rings (SSSR count). The van der Waals surface area contributed by atoms with Crippen LogP contribution in [0.3, 0.4) is 0 Å². The number of H-pyrrole nitrogens is 1. The van der Waals surface area contributed by atoms with Crippen LogP contribution < -0.4 is 10.6 Å². The number of rotatable bonds is 7. The van der Waals surface area contributed by atoms with E-state index in [1.54, 1.807) is 19.1 Å². The molecule has 3 N–H and O–H groups in total. The molecule has 1 atom stereocenters. The number of benzene rings is 3. The third-order valence-corrected chi connectivity index (χ3v) is 6.35. The zero-order valence-corrected chi connectivity index (χ0v) is 20.8. The van der Waals surface area contributed by atoms with Crippen LogP contribution in [0.5, 0.6) is 0 Å². The summed E-state index contributed by atoms with van der Waals surface area (Å²) in [5, 5.41) is 6.29. The number of nitrogens with one attached hydrogen (secondary N) is 3. The molecule has 1 heterocycles. The highest BCUT2D eigenvalue weighted by atomic mass is 35.5. The summed E-state index contributed by atoms with van der Waals surface area (Å²) in [6.45, 7) is 3.61. The molecule has 0 fully saturated rings. The molecule has 0 aliphatic carbocycles. The summed E-state index contributed by atoms with van der Waals surface area (Å²) in [6, 6.07) is 19.8. The first-order chi connectivity index (χ1) is 16.8. The minimum atomic E-state index is -0.507. The molecule has 4 aromatic rings. The third kappa shape index (κ3) is 6.02. The lowest BCUT2D eigenvalue weighted by Gasteiger charge is -2.18. The topological polar surface area (TPSA) is 69.8 Å². The van der Waals surface area contributed by atoms with Crippen molar-refractivity contribution >= 4 is 29.2 Å². The Morgan fingerprint density at radius 1 is 1.03 bits per heavy atom. The molecule has 35 heavy (non-hydrogen) atoms. The lowest BCUT2D eigenvalue weighted by molar-refractivity contribution is 0.236. The van der Waals surface area contributed by atoms with Gasteiger partial charge in [-0.1, -0.05) is 89.4 Å². The molecule has 180 valence electrons. The van der Waals surface area contributed by atoms with Gasteiger partial charge in [0.1, 0.15) is 22.5 Å². The minimum Gasteiger partial charge on any atom is -0.334 e. The second kappa shape index (κ2) is 10.9. The predicted octanol–water partition coefficient (Wildman–Crippen LogP) is 6.92. The Balaban J connectivity index is 1.56. The number of imidazole rings is 1. The molecular formula is C27H25Cl2FN4O. The van der Waals surface area contributed by atoms with Gasteiger partial charge in [0.25, 0.3) is 0 Å². The van der Waals surface area contributed by atoms with Gasteiger partial charge in [-0.25, -0.2) is 14.2 Å². The Labute approximate surface area is 213 Å². The second-order valence-electron chi connectivity index (χ2n) is 8.38. The third-order valence-electron chi connectivity index (χ3n) is 5.73. The van der Waals surface area contributed by atoms with E-state index in [9.17, 15) is 9.18 Å². The fourth-order valence-corrected chi connectivity index (χ4v) is 4.22. The summed E-state index contributed by atoms with van der Waals surface area (Å²) in [5.41, 5.74) is 4.32. The Kier molecular flexibility index (Phi) is 7.73. The molecule has 0 aliphatic heterocycles. The summed E-state index contributed by atoms with van der Waals surface area (Å²) in [6.07, 6.45) is 0.477. The lowest BCUT2D eigenvalue weighted by Crippen LogP contribution is -2.39. The van der Waals surface area contributed by atoms with E-state index in [2.05, 4.69) is 15.6 Å². The van der Waals surface area contributed by atoms with Gasteiger partial charge in [-0.05, 0) is 37.5 Å². The average molecular weight is 511 g/mol. The van der Waals surface area contributed by atoms with Crippen molar-refractivity contribution in [3.63, 3.8) is 0 Å². The highest BCUT2D eigenvalue weighted by Gasteiger charge is 2.22. The number of hydrogen-bond donors (Lipinski definition) is 3. The molecule has 0 unspecified atom stereocenters. The molecule has 8 heteroatoms. The Bertz CT molecular complexity index is 1320. The molecule has 0 saturated carbocycles. The molecule has 0 spiro atoms. The maximum absolute atomic E-state index is 14.5. The fraction of sp³-hybridized carbons (Fsp3) is 0.185. The minimum absolute atomic E-state index is 0.0518. The highest BCUT2D eigenvalue weighted by molar-refractivity contribution is 6.32. The quantitative estimate of drug-likeness (QED) is 0.252. The first-order valence-corrected chi connectivity index (χ1v) is 11.9. The Morgan fingerprint density at radius 3 is 2.46 bits per heavy atom. The monoisotopic (exact) mass is 510 g/mol. The summed E-state index contributed by atoms with van der Waals surface area (Å²) in [5.74, 6) is 0.0866. The highest BCUT2D eigenvalue weighted by Crippen LogP contribution is 2.29. The first kappa shape index (κ1) is 24.8. The van der Waals surface area contributed by atoms with E-state index in [0.29, 0.717) is 28.7 Å². The number of carbonyl (C=O) groups is 1. The SMILES string of the molecule is Cc1ccc(-c2nc([C@H](Cc3ccccc3)NC(=O)NCc3c(Cl)ccc(C)c3F)[nH]c2Cl)cc1. The van der Waals surface area contributed by atoms with Crippen LogP contribution in [0.25, 0.3) is 11.3 Å². The number of halogens is 3. The number of hydrogen-bond acceptors (Lipinski definition) is 2. The van der Waals surface area contributed by atoms with Crippen LogP contribution in [0, 0.1) is 19.7 Å². The molecule has 0 bridgehead atoms. The molecule has 3 aromatic carbocycles. The van der Waals surface area contributed by atoms with Crippen molar-refractivity contribution in [3.8, 4) is 11.3 Å². The van der Waals surface area contributed by atoms with Crippen LogP contribution in [0.2, 0.25) is 10.2 Å². The second-order valence-corrected chi connectivity index (χ2v) is 9.16. The number of aryl methyl sites for hydroxylation is 2. The zero-order chi connectivity index (χ0) is 24.9. The Morgan fingerprint density at radius 2 is 1.74 bits per heavy atom. The van der Waals surface area contributed by atoms with Crippen LogP contribution in [-0.4, -0.2) is 16.0 Å². The summed E-state index contributed by atoms with van der Waals surface area (Å²) in [7, 11) is 0. The molecule has 0 radical (unpaired) electrons. The summed E-state index contributed by atoms with van der Waals surface area (Å²) in [4.78, 5) is 20.7. The van der Waals surface area contributed by atoms with Crippen LogP contribution in [-0.2, 0) is 13.0 Å². The van der Waals surface area contributed by atoms with Crippen molar-refractivity contribution in [2.75, 3.05) is 0 Å². The molecule has 0 aliphatic rings. The van der Waals surface area contributed by atoms with Crippen LogP contribution in [0.1, 0.15) is 34.1 Å². The van der Waals surface area contributed by atoms with E-state index < -0.39 is 17.9 Å². The summed E-state index contributed by atoms with van der Waals surface area (Å²) >= 11 is 12.6. The van der Waals surface area contributed by atoms with E-state index in [0.717, 1.165) is 16.7 Å². The number of aromatic amines is 1. The molecule has 1 aromatic heterocycles. The van der Waals surface area contributed by atoms with Crippen molar-refractivity contribution in [2.24, 2.45) is 0 Å². The summed E-state index contributed by atoms with van der Waals surface area (Å²) < 4.78 is 14.5. The van der Waals surface area contributed by atoms with E-state index >= 15 is 0 Å². The molecule has 2 amide bonds. The number of carbonyl (C=O) groups excluding carboxylic acids is 1. The Hall–Kier alpha value is -3.35. The number of nitrogens with zero attached hydrogens (tertiary/aromatic N) is 1. The van der Waals surface area contributed by atoms with E-state index in [4.69, 9.17) is 28.2 Å². The van der Waals surface area contributed by atoms with Gasteiger partial charge in [0.15, 0.2) is 0 Å². The van der Waals surface area contributed by atoms with Crippen LogP contribution >= 0.6 is 23.2 Å². The van der Waals surface area contributed by atoms with Gasteiger partial charge in [0, 0.05) is 22.7 Å². The number of urea groups is 1. The van der Waals surface area contributed by atoms with Crippen molar-refractivity contribution in [1.29, 1.82) is 0 Å².